The average Bonchev–Trinajstić information content (AvgIpc) is 2.40. The van der Waals surface area contributed by atoms with Gasteiger partial charge in [0.15, 0.2) is 0 Å². The number of para-hydroxylation sites is 1. The summed E-state index contributed by atoms with van der Waals surface area (Å²) in [6.45, 7) is 9.80. The van der Waals surface area contributed by atoms with E-state index in [9.17, 15) is 0 Å². The molecule has 1 aromatic carbocycles. The van der Waals surface area contributed by atoms with Crippen LogP contribution in [0.15, 0.2) is 18.2 Å². The van der Waals surface area contributed by atoms with E-state index in [4.69, 9.17) is 11.6 Å². The van der Waals surface area contributed by atoms with Gasteiger partial charge in [-0.05, 0) is 43.9 Å². The van der Waals surface area contributed by atoms with Crippen LogP contribution in [0.1, 0.15) is 39.2 Å². The van der Waals surface area contributed by atoms with Gasteiger partial charge in [-0.15, -0.1) is 0 Å². The SMILES string of the molecule is CCNCc1cccc(Cl)c1N1CCCC(C)C1C. The molecule has 0 spiro atoms. The molecule has 2 unspecified atom stereocenters. The smallest absolute Gasteiger partial charge is 0.0643 e. The van der Waals surface area contributed by atoms with Gasteiger partial charge in [-0.25, -0.2) is 0 Å². The molecule has 1 saturated heterocycles. The van der Waals surface area contributed by atoms with Crippen molar-refractivity contribution in [1.82, 2.24) is 5.32 Å². The van der Waals surface area contributed by atoms with Crippen molar-refractivity contribution in [1.29, 1.82) is 0 Å². The Morgan fingerprint density at radius 2 is 2.16 bits per heavy atom. The number of hydrogen-bond donors (Lipinski definition) is 1. The summed E-state index contributed by atoms with van der Waals surface area (Å²) < 4.78 is 0. The maximum atomic E-state index is 6.49. The lowest BCUT2D eigenvalue weighted by atomic mass is 9.91. The summed E-state index contributed by atoms with van der Waals surface area (Å²) in [7, 11) is 0. The molecular weight excluding hydrogens is 256 g/mol. The number of nitrogens with one attached hydrogen (secondary N) is 1. The Balaban J connectivity index is 2.31. The van der Waals surface area contributed by atoms with E-state index in [1.54, 1.807) is 0 Å². The number of halogens is 1. The fourth-order valence-electron chi connectivity index (χ4n) is 2.94. The zero-order chi connectivity index (χ0) is 13.8. The molecule has 0 saturated carbocycles. The molecule has 3 heteroatoms. The summed E-state index contributed by atoms with van der Waals surface area (Å²) in [5.74, 6) is 0.733. The summed E-state index contributed by atoms with van der Waals surface area (Å²) >= 11 is 6.49. The van der Waals surface area contributed by atoms with E-state index in [0.717, 1.165) is 30.6 Å². The minimum Gasteiger partial charge on any atom is -0.367 e. The van der Waals surface area contributed by atoms with Crippen LogP contribution in [-0.2, 0) is 6.54 Å². The van der Waals surface area contributed by atoms with E-state index in [1.165, 1.54) is 24.1 Å². The number of piperidine rings is 1. The van der Waals surface area contributed by atoms with Crippen molar-refractivity contribution in [3.8, 4) is 0 Å². The molecule has 0 radical (unpaired) electrons. The lowest BCUT2D eigenvalue weighted by molar-refractivity contribution is 0.363. The van der Waals surface area contributed by atoms with Crippen molar-refractivity contribution in [2.24, 2.45) is 5.92 Å². The number of rotatable bonds is 4. The van der Waals surface area contributed by atoms with Crippen molar-refractivity contribution in [3.63, 3.8) is 0 Å². The Labute approximate surface area is 122 Å². The Morgan fingerprint density at radius 3 is 2.89 bits per heavy atom. The molecule has 2 atom stereocenters. The van der Waals surface area contributed by atoms with Gasteiger partial charge < -0.3 is 10.2 Å². The van der Waals surface area contributed by atoms with Crippen molar-refractivity contribution in [2.45, 2.75) is 46.2 Å². The van der Waals surface area contributed by atoms with Gasteiger partial charge in [-0.1, -0.05) is 37.6 Å². The van der Waals surface area contributed by atoms with E-state index < -0.39 is 0 Å². The van der Waals surface area contributed by atoms with E-state index in [2.05, 4.69) is 43.1 Å². The summed E-state index contributed by atoms with van der Waals surface area (Å²) in [6.07, 6.45) is 2.59. The normalized spacial score (nSPS) is 23.7. The molecular formula is C16H25ClN2. The number of benzene rings is 1. The lowest BCUT2D eigenvalue weighted by Crippen LogP contribution is -2.43. The van der Waals surface area contributed by atoms with Crippen LogP contribution >= 0.6 is 11.6 Å². The van der Waals surface area contributed by atoms with Crippen LogP contribution in [0.25, 0.3) is 0 Å². The first-order valence-electron chi connectivity index (χ1n) is 7.40. The summed E-state index contributed by atoms with van der Waals surface area (Å²) in [5.41, 5.74) is 2.56. The van der Waals surface area contributed by atoms with E-state index in [1.807, 2.05) is 6.07 Å². The minimum atomic E-state index is 0.564. The highest BCUT2D eigenvalue weighted by atomic mass is 35.5. The maximum absolute atomic E-state index is 6.49. The van der Waals surface area contributed by atoms with Gasteiger partial charge >= 0.3 is 0 Å². The summed E-state index contributed by atoms with van der Waals surface area (Å²) in [4.78, 5) is 2.50. The van der Waals surface area contributed by atoms with Crippen LogP contribution in [-0.4, -0.2) is 19.1 Å². The number of nitrogens with zero attached hydrogens (tertiary/aromatic N) is 1. The molecule has 0 amide bonds. The predicted molar refractivity (Wildman–Crippen MR) is 84.0 cm³/mol. The Bertz CT molecular complexity index is 419. The molecule has 2 rings (SSSR count). The van der Waals surface area contributed by atoms with Gasteiger partial charge in [-0.2, -0.15) is 0 Å². The minimum absolute atomic E-state index is 0.564. The van der Waals surface area contributed by atoms with Gasteiger partial charge in [0.05, 0.1) is 10.7 Å². The molecule has 1 heterocycles. The third-order valence-electron chi connectivity index (χ3n) is 4.30. The molecule has 0 aliphatic carbocycles. The van der Waals surface area contributed by atoms with Gasteiger partial charge in [-0.3, -0.25) is 0 Å². The Kier molecular flexibility index (Phi) is 5.12. The standard InChI is InChI=1S/C16H25ClN2/c1-4-18-11-14-8-5-9-15(17)16(14)19-10-6-7-12(2)13(19)3/h5,8-9,12-13,18H,4,6-7,10-11H2,1-3H3. The van der Waals surface area contributed by atoms with Crippen LogP contribution in [0.5, 0.6) is 0 Å². The van der Waals surface area contributed by atoms with Crippen molar-refractivity contribution >= 4 is 17.3 Å². The predicted octanol–water partition coefficient (Wildman–Crippen LogP) is 4.07. The molecule has 1 fully saturated rings. The lowest BCUT2D eigenvalue weighted by Gasteiger charge is -2.41. The quantitative estimate of drug-likeness (QED) is 0.894. The first-order valence-corrected chi connectivity index (χ1v) is 7.77. The maximum Gasteiger partial charge on any atom is 0.0643 e. The third-order valence-corrected chi connectivity index (χ3v) is 4.60. The molecule has 106 valence electrons. The highest BCUT2D eigenvalue weighted by molar-refractivity contribution is 6.33. The zero-order valence-electron chi connectivity index (χ0n) is 12.2. The Hall–Kier alpha value is -0.730. The molecule has 19 heavy (non-hydrogen) atoms. The monoisotopic (exact) mass is 280 g/mol. The Morgan fingerprint density at radius 1 is 1.37 bits per heavy atom. The van der Waals surface area contributed by atoms with Crippen molar-refractivity contribution in [3.05, 3.63) is 28.8 Å². The highest BCUT2D eigenvalue weighted by Crippen LogP contribution is 2.36. The molecule has 1 aliphatic heterocycles. The van der Waals surface area contributed by atoms with E-state index >= 15 is 0 Å². The van der Waals surface area contributed by atoms with Crippen molar-refractivity contribution in [2.75, 3.05) is 18.0 Å². The van der Waals surface area contributed by atoms with E-state index in [0.29, 0.717) is 6.04 Å². The number of anilines is 1. The van der Waals surface area contributed by atoms with Crippen LogP contribution in [0.2, 0.25) is 5.02 Å². The molecule has 0 aromatic heterocycles. The number of hydrogen-bond acceptors (Lipinski definition) is 2. The van der Waals surface area contributed by atoms with Gasteiger partial charge in [0.1, 0.15) is 0 Å². The van der Waals surface area contributed by atoms with Crippen LogP contribution in [0.3, 0.4) is 0 Å². The molecule has 1 N–H and O–H groups in total. The van der Waals surface area contributed by atoms with Crippen LogP contribution in [0.4, 0.5) is 5.69 Å². The molecule has 0 bridgehead atoms. The summed E-state index contributed by atoms with van der Waals surface area (Å²) in [6, 6.07) is 6.82. The van der Waals surface area contributed by atoms with Crippen LogP contribution in [0, 0.1) is 5.92 Å². The molecule has 2 nitrogen and oxygen atoms in total. The zero-order valence-corrected chi connectivity index (χ0v) is 13.0. The fraction of sp³-hybridized carbons (Fsp3) is 0.625. The first-order chi connectivity index (χ1) is 9.15. The topological polar surface area (TPSA) is 15.3 Å². The second-order valence-electron chi connectivity index (χ2n) is 5.58. The average molecular weight is 281 g/mol. The van der Waals surface area contributed by atoms with Gasteiger partial charge in [0, 0.05) is 19.1 Å². The fourth-order valence-corrected chi connectivity index (χ4v) is 3.24. The van der Waals surface area contributed by atoms with Crippen LogP contribution < -0.4 is 10.2 Å². The second-order valence-corrected chi connectivity index (χ2v) is 5.99. The van der Waals surface area contributed by atoms with E-state index in [-0.39, 0.29) is 0 Å². The largest absolute Gasteiger partial charge is 0.367 e. The first kappa shape index (κ1) is 14.7. The van der Waals surface area contributed by atoms with Gasteiger partial charge in [0.2, 0.25) is 0 Å². The summed E-state index contributed by atoms with van der Waals surface area (Å²) in [5, 5.41) is 4.30. The molecule has 1 aromatic rings. The van der Waals surface area contributed by atoms with Gasteiger partial charge in [0.25, 0.3) is 0 Å². The third kappa shape index (κ3) is 3.24. The van der Waals surface area contributed by atoms with Crippen molar-refractivity contribution < 1.29 is 0 Å². The molecule has 1 aliphatic rings. The highest BCUT2D eigenvalue weighted by Gasteiger charge is 2.27. The second kappa shape index (κ2) is 6.62.